The third-order valence-corrected chi connectivity index (χ3v) is 21.3. The Balaban J connectivity index is 1.16. The molecule has 2 unspecified atom stereocenters. The summed E-state index contributed by atoms with van der Waals surface area (Å²) in [6.45, 7) is 12.0. The molecule has 16 aromatic rings. The number of rotatable bonds is 13. The van der Waals surface area contributed by atoms with Gasteiger partial charge < -0.3 is 37.9 Å². The second kappa shape index (κ2) is 27.6. The largest absolute Gasteiger partial charge is 0.426 e. The average molecular weight is 1470 g/mol. The van der Waals surface area contributed by atoms with Crippen LogP contribution in [-0.2, 0) is 38.4 Å². The quantitative estimate of drug-likeness (QED) is 0.0597. The van der Waals surface area contributed by atoms with E-state index in [9.17, 15) is 38.4 Å². The lowest BCUT2D eigenvalue weighted by Gasteiger charge is -2.33. The van der Waals surface area contributed by atoms with Gasteiger partial charge in [-0.1, -0.05) is 159 Å². The van der Waals surface area contributed by atoms with Crippen molar-refractivity contribution in [3.8, 4) is 46.0 Å². The van der Waals surface area contributed by atoms with Gasteiger partial charge in [0.25, 0.3) is 0 Å². The van der Waals surface area contributed by atoms with Crippen LogP contribution in [0.5, 0.6) is 46.0 Å². The first-order chi connectivity index (χ1) is 53.5. The van der Waals surface area contributed by atoms with E-state index in [1.807, 2.05) is 140 Å². The molecule has 0 fully saturated rings. The van der Waals surface area contributed by atoms with E-state index in [-0.39, 0.29) is 85.8 Å². The molecule has 0 radical (unpaired) electrons. The van der Waals surface area contributed by atoms with Crippen LogP contribution in [0.25, 0.3) is 97.0 Å². The SMILES string of the molecule is CCCC1c2cc(c(OC(C)=O)cc2OC(C)=O)C(c2cc3cccc4ccc5cccc2c5c43)c2cc(c(OC(C)=O)cc2OC(C)=O)C(c2cc3cccc4ccc5cccc2c5c43)c2cc(c(OC(C)=O)cc2OC(C)=O)C(c2cc3cccc4ccc5cccc2c5c43)c2cc1c(OC(C)=O)cc2OC(C)=O. The third kappa shape index (κ3) is 12.3. The predicted molar refractivity (Wildman–Crippen MR) is 426 cm³/mol. The fourth-order valence-corrected chi connectivity index (χ4v) is 17.6. The number of esters is 8. The second-order valence-corrected chi connectivity index (χ2v) is 28.6. The summed E-state index contributed by atoms with van der Waals surface area (Å²) in [5.74, 6) is -11.6. The van der Waals surface area contributed by atoms with Crippen molar-refractivity contribution in [3.05, 3.63) is 274 Å². The first-order valence-electron chi connectivity index (χ1n) is 36.7. The van der Waals surface area contributed by atoms with Gasteiger partial charge in [-0.15, -0.1) is 0 Å². The summed E-state index contributed by atoms with van der Waals surface area (Å²) >= 11 is 0. The summed E-state index contributed by atoms with van der Waals surface area (Å²) in [5, 5.41) is 15.6. The summed E-state index contributed by atoms with van der Waals surface area (Å²) in [7, 11) is 0. The number of ether oxygens (including phenoxy) is 8. The average Bonchev–Trinajstić information content (AvgIpc) is 0.719. The zero-order valence-corrected chi connectivity index (χ0v) is 62.0. The standard InChI is InChI=1S/C95H70O16/c1-10-17-64-68-39-73(81(106-49(4)98)43-79(68)104-47(2)96)93(70-36-61-24-11-18-55-30-33-58-21-14-27-65(70)90(58)87(55)61)75-41-77(85(110-53(8)102)45-83(75)108-51(6)100)95(72-38-63-26-13-20-57-32-35-60-23-16-29-67(72)92(60)89(57)63)78-42-76(84(109-52(7)101)46-86(78)111-54(9)103)94(74-40-69(64)80(105-48(3)97)44-82(74)107-50(5)99)71-37-62-25-12-19-56-31-34-59-22-15-28-66(71)91(59)88(56)62/h11-16,18-46,64,93-95H,10,17H2,1-9H3. The van der Waals surface area contributed by atoms with Crippen molar-refractivity contribution in [1.29, 1.82) is 0 Å². The van der Waals surface area contributed by atoms with E-state index in [0.29, 0.717) is 39.6 Å². The Labute approximate surface area is 635 Å². The van der Waals surface area contributed by atoms with E-state index in [4.69, 9.17) is 37.9 Å². The van der Waals surface area contributed by atoms with Crippen molar-refractivity contribution >= 4 is 145 Å². The Morgan fingerprint density at radius 1 is 0.225 bits per heavy atom. The maximum absolute atomic E-state index is 14.5. The highest BCUT2D eigenvalue weighted by Crippen LogP contribution is 2.58. The summed E-state index contributed by atoms with van der Waals surface area (Å²) in [6, 6.07) is 67.8. The molecule has 0 amide bonds. The van der Waals surface area contributed by atoms with Gasteiger partial charge in [0.05, 0.1) is 0 Å². The molecule has 16 aromatic carbocycles. The van der Waals surface area contributed by atoms with Gasteiger partial charge in [-0.05, 0) is 163 Å². The molecule has 111 heavy (non-hydrogen) atoms. The van der Waals surface area contributed by atoms with Crippen LogP contribution >= 0.6 is 0 Å². The number of carbonyl (C=O) groups excluding carboxylic acids is 8. The molecule has 0 heterocycles. The van der Waals surface area contributed by atoms with Crippen molar-refractivity contribution in [3.63, 3.8) is 0 Å². The maximum Gasteiger partial charge on any atom is 0.308 e. The lowest BCUT2D eigenvalue weighted by atomic mass is 9.73. The van der Waals surface area contributed by atoms with Gasteiger partial charge in [-0.2, -0.15) is 0 Å². The number of fused-ring (bicyclic) bond motifs is 8. The molecule has 0 aliphatic heterocycles. The normalized spacial score (nSPS) is 14.9. The lowest BCUT2D eigenvalue weighted by Crippen LogP contribution is -2.19. The van der Waals surface area contributed by atoms with Gasteiger partial charge in [0, 0.05) is 148 Å². The van der Waals surface area contributed by atoms with E-state index in [1.54, 1.807) is 0 Å². The molecule has 1 aliphatic rings. The molecule has 17 rings (SSSR count). The van der Waals surface area contributed by atoms with Crippen molar-refractivity contribution < 1.29 is 76.3 Å². The first-order valence-corrected chi connectivity index (χ1v) is 36.7. The lowest BCUT2D eigenvalue weighted by molar-refractivity contribution is -0.133. The highest BCUT2D eigenvalue weighted by atomic mass is 16.6. The van der Waals surface area contributed by atoms with Gasteiger partial charge in [0.2, 0.25) is 0 Å². The topological polar surface area (TPSA) is 210 Å². The minimum absolute atomic E-state index is 0.0549. The Hall–Kier alpha value is -13.6. The second-order valence-electron chi connectivity index (χ2n) is 28.6. The molecule has 2 atom stereocenters. The van der Waals surface area contributed by atoms with Gasteiger partial charge in [0.15, 0.2) is 0 Å². The Morgan fingerprint density at radius 2 is 0.423 bits per heavy atom. The summed E-state index contributed by atoms with van der Waals surface area (Å²) in [5.41, 5.74) is 3.90. The molecule has 1 aliphatic carbocycles. The molecule has 8 bridgehead atoms. The smallest absolute Gasteiger partial charge is 0.308 e. The highest BCUT2D eigenvalue weighted by molar-refractivity contribution is 6.26. The number of carbonyl (C=O) groups is 8. The van der Waals surface area contributed by atoms with Gasteiger partial charge in [-0.3, -0.25) is 38.4 Å². The molecule has 0 spiro atoms. The highest BCUT2D eigenvalue weighted by Gasteiger charge is 2.40. The minimum Gasteiger partial charge on any atom is -0.426 e. The molecule has 0 N–H and O–H groups in total. The van der Waals surface area contributed by atoms with Crippen LogP contribution in [0.1, 0.15) is 160 Å². The fourth-order valence-electron chi connectivity index (χ4n) is 17.6. The van der Waals surface area contributed by atoms with Crippen LogP contribution in [0.4, 0.5) is 0 Å². The van der Waals surface area contributed by atoms with E-state index in [1.165, 1.54) is 79.7 Å². The summed E-state index contributed by atoms with van der Waals surface area (Å²) < 4.78 is 52.4. The summed E-state index contributed by atoms with van der Waals surface area (Å²) in [4.78, 5) is 115. The Bertz CT molecular complexity index is 6360. The summed E-state index contributed by atoms with van der Waals surface area (Å²) in [6.07, 6.45) is 0.630. The third-order valence-electron chi connectivity index (χ3n) is 21.3. The van der Waals surface area contributed by atoms with E-state index in [2.05, 4.69) is 54.6 Å². The van der Waals surface area contributed by atoms with E-state index < -0.39 is 71.4 Å². The first kappa shape index (κ1) is 70.4. The van der Waals surface area contributed by atoms with Crippen molar-refractivity contribution in [1.82, 2.24) is 0 Å². The van der Waals surface area contributed by atoms with Gasteiger partial charge in [-0.25, -0.2) is 0 Å². The van der Waals surface area contributed by atoms with Crippen LogP contribution in [0, 0.1) is 0 Å². The van der Waals surface area contributed by atoms with E-state index >= 15 is 0 Å². The van der Waals surface area contributed by atoms with Crippen LogP contribution < -0.4 is 37.9 Å². The van der Waals surface area contributed by atoms with Crippen LogP contribution in [0.3, 0.4) is 0 Å². The molecule has 0 saturated heterocycles. The molecule has 546 valence electrons. The Morgan fingerprint density at radius 3 is 0.649 bits per heavy atom. The zero-order valence-electron chi connectivity index (χ0n) is 62.0. The molecule has 16 heteroatoms. The van der Waals surface area contributed by atoms with Crippen LogP contribution in [0.15, 0.2) is 212 Å². The van der Waals surface area contributed by atoms with Crippen molar-refractivity contribution in [2.24, 2.45) is 0 Å². The molecule has 0 saturated carbocycles. The van der Waals surface area contributed by atoms with Crippen molar-refractivity contribution in [2.45, 2.75) is 98.8 Å². The molecule has 0 aromatic heterocycles. The fraction of sp³-hybridized carbons (Fsp3) is 0.158. The van der Waals surface area contributed by atoms with Gasteiger partial charge in [0.1, 0.15) is 46.0 Å². The predicted octanol–water partition coefficient (Wildman–Crippen LogP) is 20.6. The van der Waals surface area contributed by atoms with Crippen LogP contribution in [0.2, 0.25) is 0 Å². The molecule has 16 nitrogen and oxygen atoms in total. The van der Waals surface area contributed by atoms with Gasteiger partial charge >= 0.3 is 47.8 Å². The Kier molecular flexibility index (Phi) is 17.5. The minimum atomic E-state index is -1.30. The number of hydrogen-bond donors (Lipinski definition) is 0. The zero-order chi connectivity index (χ0) is 77.1. The molecular weight excluding hydrogens is 1400 g/mol. The van der Waals surface area contributed by atoms with Crippen LogP contribution in [-0.4, -0.2) is 47.8 Å². The molecular formula is C95H70O16. The number of benzene rings is 16. The van der Waals surface area contributed by atoms with E-state index in [0.717, 1.165) is 91.6 Å². The monoisotopic (exact) mass is 1470 g/mol. The maximum atomic E-state index is 14.5. The van der Waals surface area contributed by atoms with Crippen molar-refractivity contribution in [2.75, 3.05) is 0 Å². The number of hydrogen-bond acceptors (Lipinski definition) is 16.